The van der Waals surface area contributed by atoms with Gasteiger partial charge in [-0.2, -0.15) is 0 Å². The van der Waals surface area contributed by atoms with Crippen LogP contribution in [-0.2, 0) is 4.79 Å². The summed E-state index contributed by atoms with van der Waals surface area (Å²) >= 11 is 0. The first-order valence-corrected chi connectivity index (χ1v) is 7.78. The lowest BCUT2D eigenvalue weighted by Gasteiger charge is -2.27. The van der Waals surface area contributed by atoms with E-state index < -0.39 is 0 Å². The number of benzene rings is 1. The van der Waals surface area contributed by atoms with Gasteiger partial charge < -0.3 is 20.4 Å². The van der Waals surface area contributed by atoms with E-state index in [4.69, 9.17) is 0 Å². The van der Waals surface area contributed by atoms with Crippen molar-refractivity contribution < 1.29 is 9.59 Å². The highest BCUT2D eigenvalue weighted by atomic mass is 16.2. The van der Waals surface area contributed by atoms with Crippen LogP contribution in [0.25, 0.3) is 0 Å². The SMILES string of the molecule is CNC(=O)CCN(C)C(=O)NC[C@@H](c1ccccc1C)N(C)C. The minimum Gasteiger partial charge on any atom is -0.359 e. The molecule has 1 aromatic rings. The second-order valence-electron chi connectivity index (χ2n) is 5.87. The predicted octanol–water partition coefficient (Wildman–Crippen LogP) is 1.38. The molecule has 0 saturated carbocycles. The van der Waals surface area contributed by atoms with Crippen molar-refractivity contribution in [3.8, 4) is 0 Å². The minimum atomic E-state index is -0.172. The zero-order chi connectivity index (χ0) is 17.4. The molecule has 0 unspecified atom stereocenters. The van der Waals surface area contributed by atoms with Crippen LogP contribution in [0.4, 0.5) is 4.79 Å². The molecule has 23 heavy (non-hydrogen) atoms. The van der Waals surface area contributed by atoms with Crippen molar-refractivity contribution in [3.05, 3.63) is 35.4 Å². The third-order valence-corrected chi connectivity index (χ3v) is 3.92. The Hall–Kier alpha value is -2.08. The number of likely N-dealkylation sites (N-methyl/N-ethyl adjacent to an activating group) is 1. The third-order valence-electron chi connectivity index (χ3n) is 3.92. The predicted molar refractivity (Wildman–Crippen MR) is 92.3 cm³/mol. The van der Waals surface area contributed by atoms with Gasteiger partial charge in [0.25, 0.3) is 0 Å². The number of hydrogen-bond donors (Lipinski definition) is 2. The summed E-state index contributed by atoms with van der Waals surface area (Å²) in [5.74, 6) is -0.0734. The van der Waals surface area contributed by atoms with Gasteiger partial charge in [-0.15, -0.1) is 0 Å². The Balaban J connectivity index is 2.60. The Kier molecular flexibility index (Phi) is 7.54. The summed E-state index contributed by atoms with van der Waals surface area (Å²) in [6.45, 7) is 2.98. The fourth-order valence-corrected chi connectivity index (χ4v) is 2.35. The van der Waals surface area contributed by atoms with Crippen LogP contribution >= 0.6 is 0 Å². The number of nitrogens with zero attached hydrogens (tertiary/aromatic N) is 2. The van der Waals surface area contributed by atoms with Gasteiger partial charge in [-0.1, -0.05) is 24.3 Å². The molecule has 0 aliphatic rings. The molecule has 1 aromatic carbocycles. The first kappa shape index (κ1) is 19.0. The van der Waals surface area contributed by atoms with Crippen LogP contribution in [-0.4, -0.2) is 63.0 Å². The Morgan fingerprint density at radius 3 is 2.39 bits per heavy atom. The van der Waals surface area contributed by atoms with Crippen LogP contribution < -0.4 is 10.6 Å². The lowest BCUT2D eigenvalue weighted by molar-refractivity contribution is -0.120. The van der Waals surface area contributed by atoms with Gasteiger partial charge >= 0.3 is 6.03 Å². The maximum atomic E-state index is 12.2. The number of carbonyl (C=O) groups excluding carboxylic acids is 2. The van der Waals surface area contributed by atoms with Crippen molar-refractivity contribution in [1.82, 2.24) is 20.4 Å². The van der Waals surface area contributed by atoms with Gasteiger partial charge in [0.2, 0.25) is 5.91 Å². The topological polar surface area (TPSA) is 64.7 Å². The van der Waals surface area contributed by atoms with Crippen LogP contribution in [0.5, 0.6) is 0 Å². The minimum absolute atomic E-state index is 0.0734. The molecule has 1 rings (SSSR count). The molecule has 0 radical (unpaired) electrons. The van der Waals surface area contributed by atoms with Crippen molar-refractivity contribution in [2.24, 2.45) is 0 Å². The number of carbonyl (C=O) groups is 2. The monoisotopic (exact) mass is 320 g/mol. The van der Waals surface area contributed by atoms with E-state index in [0.717, 1.165) is 0 Å². The molecule has 0 aliphatic carbocycles. The van der Waals surface area contributed by atoms with E-state index in [1.165, 1.54) is 16.0 Å². The van der Waals surface area contributed by atoms with Gasteiger partial charge in [0, 0.05) is 33.6 Å². The van der Waals surface area contributed by atoms with Crippen molar-refractivity contribution >= 4 is 11.9 Å². The number of rotatable bonds is 7. The number of urea groups is 1. The highest BCUT2D eigenvalue weighted by Gasteiger charge is 2.18. The average molecular weight is 320 g/mol. The number of nitrogens with one attached hydrogen (secondary N) is 2. The van der Waals surface area contributed by atoms with E-state index in [2.05, 4.69) is 34.6 Å². The van der Waals surface area contributed by atoms with Crippen molar-refractivity contribution in [2.45, 2.75) is 19.4 Å². The Morgan fingerprint density at radius 2 is 1.83 bits per heavy atom. The van der Waals surface area contributed by atoms with Crippen LogP contribution in [0.15, 0.2) is 24.3 Å². The molecule has 128 valence electrons. The summed E-state index contributed by atoms with van der Waals surface area (Å²) in [6, 6.07) is 8.11. The summed E-state index contributed by atoms with van der Waals surface area (Å²) in [5, 5.41) is 5.49. The van der Waals surface area contributed by atoms with Gasteiger partial charge in [0.15, 0.2) is 0 Å². The fourth-order valence-electron chi connectivity index (χ4n) is 2.35. The molecule has 1 atom stereocenters. The summed E-state index contributed by atoms with van der Waals surface area (Å²) in [4.78, 5) is 27.0. The smallest absolute Gasteiger partial charge is 0.317 e. The molecule has 0 fully saturated rings. The fraction of sp³-hybridized carbons (Fsp3) is 0.529. The van der Waals surface area contributed by atoms with Gasteiger partial charge in [0.1, 0.15) is 0 Å². The highest BCUT2D eigenvalue weighted by molar-refractivity contribution is 5.77. The molecule has 0 aliphatic heterocycles. The second kappa shape index (κ2) is 9.15. The normalized spacial score (nSPS) is 11.9. The number of aryl methyl sites for hydroxylation is 1. The van der Waals surface area contributed by atoms with Crippen molar-refractivity contribution in [3.63, 3.8) is 0 Å². The van der Waals surface area contributed by atoms with E-state index in [1.54, 1.807) is 14.1 Å². The maximum absolute atomic E-state index is 12.2. The molecular weight excluding hydrogens is 292 g/mol. The number of amides is 3. The molecule has 0 bridgehead atoms. The Morgan fingerprint density at radius 1 is 1.17 bits per heavy atom. The molecule has 6 heteroatoms. The van der Waals surface area contributed by atoms with Gasteiger partial charge in [-0.25, -0.2) is 4.79 Å². The largest absolute Gasteiger partial charge is 0.359 e. The summed E-state index contributed by atoms with van der Waals surface area (Å²) in [5.41, 5.74) is 2.40. The summed E-state index contributed by atoms with van der Waals surface area (Å²) in [6.07, 6.45) is 0.301. The second-order valence-corrected chi connectivity index (χ2v) is 5.87. The summed E-state index contributed by atoms with van der Waals surface area (Å²) in [7, 11) is 7.28. The lowest BCUT2D eigenvalue weighted by atomic mass is 10.0. The standard InChI is InChI=1S/C17H28N4O2/c1-13-8-6-7-9-14(13)15(20(3)4)12-19-17(23)21(5)11-10-16(22)18-2/h6-9,15H,10-12H2,1-5H3,(H,18,22)(H,19,23)/t15-/m0/s1. The van der Waals surface area contributed by atoms with Crippen LogP contribution in [0.1, 0.15) is 23.6 Å². The van der Waals surface area contributed by atoms with E-state index in [0.29, 0.717) is 19.5 Å². The van der Waals surface area contributed by atoms with Crippen molar-refractivity contribution in [2.75, 3.05) is 41.3 Å². The van der Waals surface area contributed by atoms with Crippen LogP contribution in [0.2, 0.25) is 0 Å². The molecule has 0 saturated heterocycles. The average Bonchev–Trinajstić information content (AvgIpc) is 2.53. The van der Waals surface area contributed by atoms with E-state index in [-0.39, 0.29) is 18.0 Å². The Labute approximate surface area is 138 Å². The molecule has 0 heterocycles. The molecular formula is C17H28N4O2. The first-order chi connectivity index (χ1) is 10.9. The highest BCUT2D eigenvalue weighted by Crippen LogP contribution is 2.20. The maximum Gasteiger partial charge on any atom is 0.317 e. The van der Waals surface area contributed by atoms with Crippen molar-refractivity contribution in [1.29, 1.82) is 0 Å². The molecule has 0 spiro atoms. The lowest BCUT2D eigenvalue weighted by Crippen LogP contribution is -2.42. The van der Waals surface area contributed by atoms with Crippen LogP contribution in [0.3, 0.4) is 0 Å². The zero-order valence-electron chi connectivity index (χ0n) is 14.7. The van der Waals surface area contributed by atoms with Gasteiger partial charge in [-0.3, -0.25) is 4.79 Å². The quantitative estimate of drug-likeness (QED) is 0.798. The molecule has 3 amide bonds. The molecule has 0 aromatic heterocycles. The van der Waals surface area contributed by atoms with Gasteiger partial charge in [-0.05, 0) is 32.1 Å². The number of hydrogen-bond acceptors (Lipinski definition) is 3. The summed E-state index contributed by atoms with van der Waals surface area (Å²) < 4.78 is 0. The molecule has 6 nitrogen and oxygen atoms in total. The third kappa shape index (κ3) is 5.90. The van der Waals surface area contributed by atoms with E-state index >= 15 is 0 Å². The van der Waals surface area contributed by atoms with Gasteiger partial charge in [0.05, 0.1) is 6.04 Å². The first-order valence-electron chi connectivity index (χ1n) is 7.78. The molecule has 2 N–H and O–H groups in total. The zero-order valence-corrected chi connectivity index (χ0v) is 14.7. The van der Waals surface area contributed by atoms with Crippen LogP contribution in [0, 0.1) is 6.92 Å². The van der Waals surface area contributed by atoms with E-state index in [1.807, 2.05) is 26.2 Å². The Bertz CT molecular complexity index is 531. The van der Waals surface area contributed by atoms with E-state index in [9.17, 15) is 9.59 Å².